The van der Waals surface area contributed by atoms with E-state index in [9.17, 15) is 0 Å². The summed E-state index contributed by atoms with van der Waals surface area (Å²) < 4.78 is 5.81. The quantitative estimate of drug-likeness (QED) is 0.237. The third-order valence-corrected chi connectivity index (χ3v) is 7.11. The smallest absolute Gasteiger partial charge is 0.286 e. The highest BCUT2D eigenvalue weighted by atomic mass is 127. The first-order chi connectivity index (χ1) is 10.2. The lowest BCUT2D eigenvalue weighted by Crippen LogP contribution is -3.00. The van der Waals surface area contributed by atoms with Crippen molar-refractivity contribution < 1.29 is 28.5 Å². The molecule has 0 aliphatic carbocycles. The molecule has 0 N–H and O–H groups in total. The largest absolute Gasteiger partial charge is 1.00 e. The molecular formula is C17H17I2N2P. The lowest BCUT2D eigenvalue weighted by molar-refractivity contribution is -0.652. The van der Waals surface area contributed by atoms with E-state index in [0.29, 0.717) is 0 Å². The first kappa shape index (κ1) is 17.9. The van der Waals surface area contributed by atoms with Gasteiger partial charge in [-0.25, -0.2) is 9.13 Å². The van der Waals surface area contributed by atoms with E-state index in [1.54, 1.807) is 0 Å². The predicted molar refractivity (Wildman–Crippen MR) is 98.0 cm³/mol. The number of hydrogen-bond acceptors (Lipinski definition) is 0. The van der Waals surface area contributed by atoms with Crippen LogP contribution in [0.4, 0.5) is 0 Å². The highest BCUT2D eigenvalue weighted by Gasteiger charge is 2.29. The van der Waals surface area contributed by atoms with Crippen molar-refractivity contribution in [1.29, 1.82) is 0 Å². The van der Waals surface area contributed by atoms with Crippen LogP contribution in [-0.4, -0.2) is 4.57 Å². The fourth-order valence-electron chi connectivity index (χ4n) is 2.48. The summed E-state index contributed by atoms with van der Waals surface area (Å²) in [6, 6.07) is 21.6. The van der Waals surface area contributed by atoms with Gasteiger partial charge in [0.15, 0.2) is 0 Å². The molecule has 0 radical (unpaired) electrons. The summed E-state index contributed by atoms with van der Waals surface area (Å²) in [5.41, 5.74) is 1.35. The first-order valence-corrected chi connectivity index (χ1v) is 9.21. The van der Waals surface area contributed by atoms with E-state index in [1.807, 2.05) is 0 Å². The minimum absolute atomic E-state index is 0. The van der Waals surface area contributed by atoms with Crippen molar-refractivity contribution in [3.8, 4) is 0 Å². The zero-order valence-electron chi connectivity index (χ0n) is 12.4. The van der Waals surface area contributed by atoms with Crippen molar-refractivity contribution in [3.05, 3.63) is 70.6 Å². The van der Waals surface area contributed by atoms with E-state index in [0.717, 1.165) is 0 Å². The number of halogens is 2. The zero-order valence-corrected chi connectivity index (χ0v) is 17.7. The maximum Gasteiger partial charge on any atom is 0.286 e. The normalized spacial score (nSPS) is 10.5. The van der Waals surface area contributed by atoms with E-state index in [4.69, 9.17) is 0 Å². The second-order valence-corrected chi connectivity index (χ2v) is 8.14. The SMILES string of the molecule is Cn1c(I)c[n+](C)c1P(c1ccccc1)c1ccccc1.[I-]. The Bertz CT molecular complexity index is 703. The Morgan fingerprint density at radius 2 is 1.36 bits per heavy atom. The molecule has 22 heavy (non-hydrogen) atoms. The number of nitrogens with zero attached hydrogens (tertiary/aromatic N) is 2. The molecule has 3 aromatic rings. The maximum atomic E-state index is 2.40. The molecule has 1 heterocycles. The van der Waals surface area contributed by atoms with Gasteiger partial charge in [-0.3, -0.25) is 0 Å². The Morgan fingerprint density at radius 1 is 0.909 bits per heavy atom. The number of rotatable bonds is 3. The number of imidazole rings is 1. The minimum atomic E-state index is -0.546. The maximum absolute atomic E-state index is 2.40. The van der Waals surface area contributed by atoms with Gasteiger partial charge in [0.1, 0.15) is 6.20 Å². The molecule has 2 aromatic carbocycles. The van der Waals surface area contributed by atoms with Gasteiger partial charge < -0.3 is 24.0 Å². The summed E-state index contributed by atoms with van der Waals surface area (Å²) in [6.07, 6.45) is 2.19. The average molecular weight is 534 g/mol. The summed E-state index contributed by atoms with van der Waals surface area (Å²) in [5.74, 6) is 0. The van der Waals surface area contributed by atoms with Crippen LogP contribution < -0.4 is 44.7 Å². The molecule has 0 amide bonds. The van der Waals surface area contributed by atoms with Crippen LogP contribution in [0.25, 0.3) is 0 Å². The third kappa shape index (κ3) is 3.54. The summed E-state index contributed by atoms with van der Waals surface area (Å²) in [6.45, 7) is 0. The second-order valence-electron chi connectivity index (χ2n) is 4.93. The van der Waals surface area contributed by atoms with Gasteiger partial charge in [-0.2, -0.15) is 0 Å². The lowest BCUT2D eigenvalue weighted by atomic mass is 10.4. The van der Waals surface area contributed by atoms with Gasteiger partial charge in [-0.1, -0.05) is 60.7 Å². The van der Waals surface area contributed by atoms with Gasteiger partial charge in [0.05, 0.1) is 22.0 Å². The number of aromatic nitrogens is 2. The van der Waals surface area contributed by atoms with Crippen LogP contribution in [0, 0.1) is 3.70 Å². The fourth-order valence-corrected chi connectivity index (χ4v) is 5.80. The van der Waals surface area contributed by atoms with E-state index in [-0.39, 0.29) is 24.0 Å². The molecule has 0 bridgehead atoms. The molecule has 0 aliphatic rings. The van der Waals surface area contributed by atoms with Gasteiger partial charge in [0, 0.05) is 22.6 Å². The van der Waals surface area contributed by atoms with Gasteiger partial charge in [0.25, 0.3) is 5.57 Å². The topological polar surface area (TPSA) is 8.81 Å². The van der Waals surface area contributed by atoms with Gasteiger partial charge >= 0.3 is 0 Å². The van der Waals surface area contributed by atoms with E-state index in [2.05, 4.69) is 113 Å². The minimum Gasteiger partial charge on any atom is -1.00 e. The van der Waals surface area contributed by atoms with Crippen LogP contribution in [0.1, 0.15) is 0 Å². The van der Waals surface area contributed by atoms with E-state index in [1.165, 1.54) is 19.9 Å². The monoisotopic (exact) mass is 534 g/mol. The average Bonchev–Trinajstić information content (AvgIpc) is 2.76. The van der Waals surface area contributed by atoms with Crippen LogP contribution in [0.5, 0.6) is 0 Å². The number of benzene rings is 2. The molecule has 0 fully saturated rings. The van der Waals surface area contributed by atoms with Gasteiger partial charge in [-0.05, 0) is 10.6 Å². The molecule has 3 rings (SSSR count). The highest BCUT2D eigenvalue weighted by molar-refractivity contribution is 14.1. The Hall–Kier alpha value is -0.460. The summed E-state index contributed by atoms with van der Waals surface area (Å²) in [4.78, 5) is 0. The van der Waals surface area contributed by atoms with Crippen LogP contribution in [0.15, 0.2) is 66.9 Å². The van der Waals surface area contributed by atoms with Gasteiger partial charge in [-0.15, -0.1) is 0 Å². The molecule has 5 heteroatoms. The van der Waals surface area contributed by atoms with Crippen LogP contribution in [0.2, 0.25) is 0 Å². The third-order valence-electron chi connectivity index (χ3n) is 3.46. The molecule has 0 aliphatic heterocycles. The Labute approximate surface area is 163 Å². The van der Waals surface area contributed by atoms with Crippen molar-refractivity contribution in [2.75, 3.05) is 0 Å². The first-order valence-electron chi connectivity index (χ1n) is 6.79. The number of hydrogen-bond donors (Lipinski definition) is 0. The standard InChI is InChI=1S/C17H17IN2P.HI/c1-19-13-16(18)20(2)17(19)21(14-9-5-3-6-10-14)15-11-7-4-8-12-15;/h3-13H,1-2H3;1H/q+1;/p-1. The van der Waals surface area contributed by atoms with Crippen molar-refractivity contribution in [2.45, 2.75) is 0 Å². The van der Waals surface area contributed by atoms with Crippen LogP contribution >= 0.6 is 30.5 Å². The van der Waals surface area contributed by atoms with Crippen LogP contribution in [-0.2, 0) is 14.1 Å². The molecule has 0 saturated heterocycles. The molecule has 0 atom stereocenters. The Balaban J connectivity index is 0.00000176. The number of aryl methyl sites for hydroxylation is 1. The van der Waals surface area contributed by atoms with Crippen LogP contribution in [0.3, 0.4) is 0 Å². The second kappa shape index (κ2) is 7.88. The summed E-state index contributed by atoms with van der Waals surface area (Å²) >= 11 is 2.40. The van der Waals surface area contributed by atoms with Crippen molar-refractivity contribution in [1.82, 2.24) is 4.57 Å². The Kier molecular flexibility index (Phi) is 6.41. The zero-order chi connectivity index (χ0) is 14.8. The molecule has 1 aromatic heterocycles. The molecule has 114 valence electrons. The summed E-state index contributed by atoms with van der Waals surface area (Å²) in [7, 11) is 3.74. The highest BCUT2D eigenvalue weighted by Crippen LogP contribution is 2.31. The van der Waals surface area contributed by atoms with Crippen molar-refractivity contribution in [2.24, 2.45) is 14.1 Å². The molecule has 0 unspecified atom stereocenters. The molecule has 0 spiro atoms. The molecule has 2 nitrogen and oxygen atoms in total. The van der Waals surface area contributed by atoms with Crippen molar-refractivity contribution >= 4 is 46.7 Å². The predicted octanol–water partition coefficient (Wildman–Crippen LogP) is -0.784. The van der Waals surface area contributed by atoms with Gasteiger partial charge in [0.2, 0.25) is 3.70 Å². The Morgan fingerprint density at radius 3 is 1.73 bits per heavy atom. The van der Waals surface area contributed by atoms with Crippen molar-refractivity contribution in [3.63, 3.8) is 0 Å². The summed E-state index contributed by atoms with van der Waals surface area (Å²) in [5, 5.41) is 2.76. The van der Waals surface area contributed by atoms with E-state index >= 15 is 0 Å². The van der Waals surface area contributed by atoms with E-state index < -0.39 is 7.92 Å². The molecule has 0 saturated carbocycles. The lowest BCUT2D eigenvalue weighted by Gasteiger charge is -2.15. The fraction of sp³-hybridized carbons (Fsp3) is 0.118. The molecular weight excluding hydrogens is 517 g/mol.